The normalized spacial score (nSPS) is 11.6. The number of nitrogens with one attached hydrogen (secondary N) is 1. The SMILES string of the molecule is O=C(N[C@@H](Cc1ccc([N+](=O)[O-])cc1)C(=O)O)c1cc(F)cc(F)c1. The van der Waals surface area contributed by atoms with Gasteiger partial charge in [0, 0.05) is 30.2 Å². The first-order chi connectivity index (χ1) is 11.8. The predicted octanol–water partition coefficient (Wildman–Crippen LogP) is 2.30. The van der Waals surface area contributed by atoms with Crippen LogP contribution in [0.2, 0.25) is 0 Å². The van der Waals surface area contributed by atoms with Crippen molar-refractivity contribution >= 4 is 17.6 Å². The van der Waals surface area contributed by atoms with Gasteiger partial charge in [0.05, 0.1) is 4.92 Å². The van der Waals surface area contributed by atoms with E-state index in [1.165, 1.54) is 24.3 Å². The van der Waals surface area contributed by atoms with Gasteiger partial charge in [-0.1, -0.05) is 12.1 Å². The summed E-state index contributed by atoms with van der Waals surface area (Å²) in [5.74, 6) is -4.24. The number of carbonyl (C=O) groups is 2. The van der Waals surface area contributed by atoms with Crippen molar-refractivity contribution in [3.05, 3.63) is 75.3 Å². The standard InChI is InChI=1S/C16H12F2N2O5/c17-11-6-10(7-12(18)8-11)15(21)19-14(16(22)23)5-9-1-3-13(4-2-9)20(24)25/h1-4,6-8,14H,5H2,(H,19,21)(H,22,23)/t14-/m0/s1. The molecule has 0 aliphatic rings. The second-order valence-electron chi connectivity index (χ2n) is 5.15. The molecule has 1 amide bonds. The minimum atomic E-state index is -1.37. The van der Waals surface area contributed by atoms with Crippen LogP contribution >= 0.6 is 0 Å². The molecule has 1 atom stereocenters. The Hall–Kier alpha value is -3.36. The molecule has 0 aliphatic carbocycles. The number of nitrogens with zero attached hydrogens (tertiary/aromatic N) is 1. The summed E-state index contributed by atoms with van der Waals surface area (Å²) in [4.78, 5) is 33.3. The Labute approximate surface area is 140 Å². The molecule has 2 aromatic carbocycles. The average Bonchev–Trinajstić information content (AvgIpc) is 2.53. The van der Waals surface area contributed by atoms with Gasteiger partial charge in [0.2, 0.25) is 0 Å². The zero-order valence-electron chi connectivity index (χ0n) is 12.6. The molecule has 0 aliphatic heterocycles. The van der Waals surface area contributed by atoms with Gasteiger partial charge >= 0.3 is 5.97 Å². The minimum absolute atomic E-state index is 0.156. The Balaban J connectivity index is 2.13. The van der Waals surface area contributed by atoms with Crippen LogP contribution in [0.3, 0.4) is 0 Å². The predicted molar refractivity (Wildman–Crippen MR) is 82.0 cm³/mol. The van der Waals surface area contributed by atoms with E-state index in [0.717, 1.165) is 12.1 Å². The summed E-state index contributed by atoms with van der Waals surface area (Å²) in [6.45, 7) is 0. The second-order valence-corrected chi connectivity index (χ2v) is 5.15. The molecule has 0 heterocycles. The zero-order valence-corrected chi connectivity index (χ0v) is 12.6. The number of hydrogen-bond acceptors (Lipinski definition) is 4. The van der Waals surface area contributed by atoms with Crippen molar-refractivity contribution in [1.29, 1.82) is 0 Å². The highest BCUT2D eigenvalue weighted by Gasteiger charge is 2.22. The third-order valence-corrected chi connectivity index (χ3v) is 3.32. The van der Waals surface area contributed by atoms with Crippen molar-refractivity contribution in [3.8, 4) is 0 Å². The summed E-state index contributed by atoms with van der Waals surface area (Å²) in [5, 5.41) is 22.0. The van der Waals surface area contributed by atoms with E-state index >= 15 is 0 Å². The van der Waals surface area contributed by atoms with Crippen LogP contribution in [0.4, 0.5) is 14.5 Å². The number of benzene rings is 2. The number of nitro groups is 1. The highest BCUT2D eigenvalue weighted by atomic mass is 19.1. The van der Waals surface area contributed by atoms with Crippen molar-refractivity contribution in [1.82, 2.24) is 5.32 Å². The highest BCUT2D eigenvalue weighted by molar-refractivity contribution is 5.96. The van der Waals surface area contributed by atoms with E-state index in [1.54, 1.807) is 0 Å². The second kappa shape index (κ2) is 7.47. The third-order valence-electron chi connectivity index (χ3n) is 3.32. The molecule has 0 saturated carbocycles. The van der Waals surface area contributed by atoms with Crippen molar-refractivity contribution in [2.75, 3.05) is 0 Å². The van der Waals surface area contributed by atoms with Crippen LogP contribution in [-0.4, -0.2) is 27.9 Å². The molecule has 2 aromatic rings. The van der Waals surface area contributed by atoms with Gasteiger partial charge in [0.25, 0.3) is 11.6 Å². The van der Waals surface area contributed by atoms with E-state index in [0.29, 0.717) is 11.6 Å². The lowest BCUT2D eigenvalue weighted by molar-refractivity contribution is -0.384. The van der Waals surface area contributed by atoms with Crippen LogP contribution in [0.1, 0.15) is 15.9 Å². The van der Waals surface area contributed by atoms with Crippen molar-refractivity contribution in [3.63, 3.8) is 0 Å². The Morgan fingerprint density at radius 3 is 2.16 bits per heavy atom. The number of carboxylic acids is 1. The van der Waals surface area contributed by atoms with Gasteiger partial charge in [-0.25, -0.2) is 13.6 Å². The maximum atomic E-state index is 13.1. The van der Waals surface area contributed by atoms with E-state index in [4.69, 9.17) is 0 Å². The topological polar surface area (TPSA) is 110 Å². The van der Waals surface area contributed by atoms with Gasteiger partial charge in [-0.15, -0.1) is 0 Å². The van der Waals surface area contributed by atoms with Crippen LogP contribution in [0.15, 0.2) is 42.5 Å². The number of rotatable bonds is 6. The van der Waals surface area contributed by atoms with Crippen LogP contribution < -0.4 is 5.32 Å². The lowest BCUT2D eigenvalue weighted by Gasteiger charge is -2.15. The van der Waals surface area contributed by atoms with E-state index in [1.807, 2.05) is 0 Å². The Bertz CT molecular complexity index is 804. The fraction of sp³-hybridized carbons (Fsp3) is 0.125. The molecule has 9 heteroatoms. The molecule has 0 saturated heterocycles. The lowest BCUT2D eigenvalue weighted by atomic mass is 10.0. The number of aliphatic carboxylic acids is 1. The van der Waals surface area contributed by atoms with E-state index < -0.39 is 34.5 Å². The highest BCUT2D eigenvalue weighted by Crippen LogP contribution is 2.14. The van der Waals surface area contributed by atoms with E-state index in [-0.39, 0.29) is 17.7 Å². The first-order valence-electron chi connectivity index (χ1n) is 6.99. The summed E-state index contributed by atoms with van der Waals surface area (Å²) in [6, 6.07) is 5.91. The number of nitro benzene ring substituents is 1. The summed E-state index contributed by atoms with van der Waals surface area (Å²) in [7, 11) is 0. The number of amides is 1. The summed E-state index contributed by atoms with van der Waals surface area (Å²) < 4.78 is 26.3. The van der Waals surface area contributed by atoms with Crippen LogP contribution in [0.25, 0.3) is 0 Å². The smallest absolute Gasteiger partial charge is 0.326 e. The summed E-state index contributed by atoms with van der Waals surface area (Å²) in [5.41, 5.74) is -0.0777. The number of halogens is 2. The number of carbonyl (C=O) groups excluding carboxylic acids is 1. The maximum absolute atomic E-state index is 13.1. The number of carboxylic acid groups (broad SMARTS) is 1. The van der Waals surface area contributed by atoms with Crippen LogP contribution in [0.5, 0.6) is 0 Å². The first kappa shape index (κ1) is 18.0. The molecule has 0 fully saturated rings. The van der Waals surface area contributed by atoms with Gasteiger partial charge in [0.15, 0.2) is 0 Å². The monoisotopic (exact) mass is 350 g/mol. The molecule has 130 valence electrons. The van der Waals surface area contributed by atoms with Crippen molar-refractivity contribution in [2.24, 2.45) is 0 Å². The Kier molecular flexibility index (Phi) is 5.38. The maximum Gasteiger partial charge on any atom is 0.326 e. The molecule has 0 radical (unpaired) electrons. The Morgan fingerprint density at radius 1 is 1.12 bits per heavy atom. The summed E-state index contributed by atoms with van der Waals surface area (Å²) >= 11 is 0. The lowest BCUT2D eigenvalue weighted by Crippen LogP contribution is -2.42. The quantitative estimate of drug-likeness (QED) is 0.614. The molecular weight excluding hydrogens is 338 g/mol. The van der Waals surface area contributed by atoms with E-state index in [9.17, 15) is 33.6 Å². The number of non-ortho nitro benzene ring substituents is 1. The molecule has 25 heavy (non-hydrogen) atoms. The van der Waals surface area contributed by atoms with Crippen LogP contribution in [0, 0.1) is 21.7 Å². The molecule has 0 aromatic heterocycles. The van der Waals surface area contributed by atoms with Gasteiger partial charge in [-0.3, -0.25) is 14.9 Å². The third kappa shape index (κ3) is 4.80. The first-order valence-corrected chi connectivity index (χ1v) is 6.99. The molecular formula is C16H12F2N2O5. The fourth-order valence-corrected chi connectivity index (χ4v) is 2.12. The van der Waals surface area contributed by atoms with E-state index in [2.05, 4.69) is 5.32 Å². The van der Waals surface area contributed by atoms with Crippen LogP contribution in [-0.2, 0) is 11.2 Å². The molecule has 0 unspecified atom stereocenters. The largest absolute Gasteiger partial charge is 0.480 e. The molecule has 7 nitrogen and oxygen atoms in total. The van der Waals surface area contributed by atoms with Crippen molar-refractivity contribution < 1.29 is 28.4 Å². The molecule has 2 N–H and O–H groups in total. The molecule has 2 rings (SSSR count). The average molecular weight is 350 g/mol. The van der Waals surface area contributed by atoms with Gasteiger partial charge in [-0.05, 0) is 17.7 Å². The fourth-order valence-electron chi connectivity index (χ4n) is 2.12. The van der Waals surface area contributed by atoms with Gasteiger partial charge < -0.3 is 10.4 Å². The molecule has 0 bridgehead atoms. The summed E-state index contributed by atoms with van der Waals surface area (Å²) in [6.07, 6.45) is -0.156. The zero-order chi connectivity index (χ0) is 18.6. The van der Waals surface area contributed by atoms with Gasteiger partial charge in [-0.2, -0.15) is 0 Å². The van der Waals surface area contributed by atoms with Crippen molar-refractivity contribution in [2.45, 2.75) is 12.5 Å². The Morgan fingerprint density at radius 2 is 1.68 bits per heavy atom. The van der Waals surface area contributed by atoms with Gasteiger partial charge in [0.1, 0.15) is 17.7 Å². The number of hydrogen-bond donors (Lipinski definition) is 2. The molecule has 0 spiro atoms. The minimum Gasteiger partial charge on any atom is -0.480 e.